The van der Waals surface area contributed by atoms with E-state index in [1.807, 2.05) is 12.1 Å². The van der Waals surface area contributed by atoms with Crippen LogP contribution in [0.3, 0.4) is 0 Å². The highest BCUT2D eigenvalue weighted by Crippen LogP contribution is 2.33. The van der Waals surface area contributed by atoms with E-state index in [-0.39, 0.29) is 0 Å². The molecule has 0 saturated carbocycles. The summed E-state index contributed by atoms with van der Waals surface area (Å²) < 4.78 is 10.1. The van der Waals surface area contributed by atoms with Gasteiger partial charge >= 0.3 is 0 Å². The van der Waals surface area contributed by atoms with Crippen LogP contribution in [0.25, 0.3) is 0 Å². The first-order valence-corrected chi connectivity index (χ1v) is 5.29. The summed E-state index contributed by atoms with van der Waals surface area (Å²) in [5.74, 6) is 0. The molecule has 4 heteroatoms. The minimum absolute atomic E-state index is 1.09. The molecule has 0 aliphatic rings. The van der Waals surface area contributed by atoms with E-state index in [4.69, 9.17) is 8.37 Å². The van der Waals surface area contributed by atoms with Crippen LogP contribution in [0, 0.1) is 6.92 Å². The number of hydrogen-bond donors (Lipinski definition) is 0. The molecule has 0 amide bonds. The summed E-state index contributed by atoms with van der Waals surface area (Å²) in [6, 6.07) is 6.08. The Labute approximate surface area is 87.4 Å². The van der Waals surface area contributed by atoms with Crippen LogP contribution in [-0.2, 0) is 8.37 Å². The summed E-state index contributed by atoms with van der Waals surface area (Å²) in [6.07, 6.45) is 0. The lowest BCUT2D eigenvalue weighted by molar-refractivity contribution is 0.483. The fourth-order valence-corrected chi connectivity index (χ4v) is 2.24. The fourth-order valence-electron chi connectivity index (χ4n) is 0.971. The lowest BCUT2D eigenvalue weighted by Crippen LogP contribution is -1.84. The first-order chi connectivity index (χ1) is 6.29. The van der Waals surface area contributed by atoms with Crippen LogP contribution < -0.4 is 0 Å². The predicted octanol–water partition coefficient (Wildman–Crippen LogP) is 3.30. The first kappa shape index (κ1) is 10.9. The molecule has 0 unspecified atom stereocenters. The summed E-state index contributed by atoms with van der Waals surface area (Å²) >= 11 is 2.72. The Balaban J connectivity index is 2.95. The van der Waals surface area contributed by atoms with E-state index >= 15 is 0 Å². The molecule has 13 heavy (non-hydrogen) atoms. The fraction of sp³-hybridized carbons (Fsp3) is 0.333. The molecule has 0 N–H and O–H groups in total. The van der Waals surface area contributed by atoms with Gasteiger partial charge in [0.25, 0.3) is 0 Å². The van der Waals surface area contributed by atoms with Crippen molar-refractivity contribution in [2.75, 3.05) is 14.2 Å². The van der Waals surface area contributed by atoms with Crippen molar-refractivity contribution in [1.82, 2.24) is 0 Å². The Bertz CT molecular complexity index is 276. The molecule has 0 fully saturated rings. The van der Waals surface area contributed by atoms with Gasteiger partial charge in [-0.1, -0.05) is 12.1 Å². The largest absolute Gasteiger partial charge is 0.314 e. The van der Waals surface area contributed by atoms with Gasteiger partial charge in [0.2, 0.25) is 0 Å². The highest BCUT2D eigenvalue weighted by Gasteiger charge is 2.06. The Morgan fingerprint density at radius 2 is 1.77 bits per heavy atom. The molecule has 0 aliphatic carbocycles. The second-order valence-electron chi connectivity index (χ2n) is 2.40. The van der Waals surface area contributed by atoms with Gasteiger partial charge in [-0.05, 0) is 18.6 Å². The molecule has 72 valence electrons. The van der Waals surface area contributed by atoms with Crippen LogP contribution >= 0.6 is 24.1 Å². The minimum atomic E-state index is 1.09. The van der Waals surface area contributed by atoms with E-state index in [2.05, 4.69) is 13.0 Å². The summed E-state index contributed by atoms with van der Waals surface area (Å²) in [7, 11) is 3.33. The number of rotatable bonds is 4. The Morgan fingerprint density at radius 1 is 1.08 bits per heavy atom. The molecule has 0 aliphatic heterocycles. The van der Waals surface area contributed by atoms with Crippen LogP contribution in [0.2, 0.25) is 0 Å². The van der Waals surface area contributed by atoms with Gasteiger partial charge in [0, 0.05) is 24.1 Å². The van der Waals surface area contributed by atoms with Crippen molar-refractivity contribution in [3.8, 4) is 0 Å². The molecular formula is C9H12O2S2. The maximum Gasteiger partial charge on any atom is 0.0541 e. The van der Waals surface area contributed by atoms with Crippen molar-refractivity contribution in [1.29, 1.82) is 0 Å². The zero-order chi connectivity index (χ0) is 9.68. The van der Waals surface area contributed by atoms with E-state index in [1.54, 1.807) is 14.2 Å². The quantitative estimate of drug-likeness (QED) is 0.718. The molecule has 0 heterocycles. The molecular weight excluding hydrogens is 204 g/mol. The third kappa shape index (κ3) is 2.91. The van der Waals surface area contributed by atoms with Crippen molar-refractivity contribution in [3.05, 3.63) is 23.8 Å². The summed E-state index contributed by atoms with van der Waals surface area (Å²) in [5, 5.41) is 0. The highest BCUT2D eigenvalue weighted by molar-refractivity contribution is 7.97. The zero-order valence-corrected chi connectivity index (χ0v) is 9.50. The van der Waals surface area contributed by atoms with Crippen molar-refractivity contribution in [2.45, 2.75) is 16.7 Å². The van der Waals surface area contributed by atoms with Crippen molar-refractivity contribution >= 4 is 24.1 Å². The SMILES string of the molecule is COSc1cccc(C)c1SOC. The van der Waals surface area contributed by atoms with Crippen LogP contribution in [-0.4, -0.2) is 14.2 Å². The van der Waals surface area contributed by atoms with E-state index in [0.717, 1.165) is 9.79 Å². The first-order valence-electron chi connectivity index (χ1n) is 3.80. The molecule has 1 aromatic carbocycles. The van der Waals surface area contributed by atoms with Gasteiger partial charge in [-0.2, -0.15) is 0 Å². The zero-order valence-electron chi connectivity index (χ0n) is 7.87. The maximum atomic E-state index is 5.04. The molecule has 1 rings (SSSR count). The van der Waals surface area contributed by atoms with E-state index in [9.17, 15) is 0 Å². The molecule has 0 bridgehead atoms. The van der Waals surface area contributed by atoms with E-state index in [0.29, 0.717) is 0 Å². The molecule has 1 aromatic rings. The molecule has 0 aromatic heterocycles. The second-order valence-corrected chi connectivity index (χ2v) is 4.25. The van der Waals surface area contributed by atoms with Gasteiger partial charge in [0.05, 0.1) is 24.0 Å². The van der Waals surface area contributed by atoms with Gasteiger partial charge in [-0.15, -0.1) is 0 Å². The lowest BCUT2D eigenvalue weighted by Gasteiger charge is -2.07. The number of hydrogen-bond acceptors (Lipinski definition) is 4. The highest BCUT2D eigenvalue weighted by atomic mass is 32.2. The maximum absolute atomic E-state index is 5.04. The Hall–Kier alpha value is -0.160. The topological polar surface area (TPSA) is 18.5 Å². The molecule has 0 atom stereocenters. The van der Waals surface area contributed by atoms with E-state index < -0.39 is 0 Å². The molecule has 0 saturated heterocycles. The van der Waals surface area contributed by atoms with Crippen molar-refractivity contribution in [3.63, 3.8) is 0 Å². The standard InChI is InChI=1S/C9H12O2S2/c1-7-5-4-6-8(12-10-2)9(7)13-11-3/h4-6H,1-3H3. The van der Waals surface area contributed by atoms with E-state index in [1.165, 1.54) is 29.6 Å². The van der Waals surface area contributed by atoms with Gasteiger partial charge in [0.1, 0.15) is 0 Å². The summed E-state index contributed by atoms with van der Waals surface area (Å²) in [6.45, 7) is 2.06. The molecule has 2 nitrogen and oxygen atoms in total. The Kier molecular flexibility index (Phi) is 4.66. The van der Waals surface area contributed by atoms with Crippen molar-refractivity contribution in [2.24, 2.45) is 0 Å². The van der Waals surface area contributed by atoms with Gasteiger partial charge < -0.3 is 8.37 Å². The van der Waals surface area contributed by atoms with Crippen LogP contribution in [0.5, 0.6) is 0 Å². The molecule has 0 radical (unpaired) electrons. The van der Waals surface area contributed by atoms with Gasteiger partial charge in [-0.3, -0.25) is 0 Å². The van der Waals surface area contributed by atoms with Crippen LogP contribution in [0.4, 0.5) is 0 Å². The summed E-state index contributed by atoms with van der Waals surface area (Å²) in [4.78, 5) is 2.21. The normalized spacial score (nSPS) is 10.4. The average Bonchev–Trinajstić information content (AvgIpc) is 2.11. The van der Waals surface area contributed by atoms with Gasteiger partial charge in [-0.25, -0.2) is 0 Å². The monoisotopic (exact) mass is 216 g/mol. The number of benzene rings is 1. The van der Waals surface area contributed by atoms with Crippen LogP contribution in [0.15, 0.2) is 28.0 Å². The second kappa shape index (κ2) is 5.54. The van der Waals surface area contributed by atoms with Crippen molar-refractivity contribution < 1.29 is 8.37 Å². The predicted molar refractivity (Wildman–Crippen MR) is 56.9 cm³/mol. The van der Waals surface area contributed by atoms with Crippen LogP contribution in [0.1, 0.15) is 5.56 Å². The number of aryl methyl sites for hydroxylation is 1. The Morgan fingerprint density at radius 3 is 2.38 bits per heavy atom. The minimum Gasteiger partial charge on any atom is -0.314 e. The summed E-state index contributed by atoms with van der Waals surface area (Å²) in [5.41, 5.74) is 1.20. The third-order valence-electron chi connectivity index (χ3n) is 1.52. The molecule has 0 spiro atoms. The average molecular weight is 216 g/mol. The van der Waals surface area contributed by atoms with Gasteiger partial charge in [0.15, 0.2) is 0 Å². The lowest BCUT2D eigenvalue weighted by atomic mass is 10.2. The smallest absolute Gasteiger partial charge is 0.0541 e. The third-order valence-corrected chi connectivity index (χ3v) is 3.21.